The Kier molecular flexibility index (Phi) is 3.43. The third-order valence-electron chi connectivity index (χ3n) is 3.04. The number of nitriles is 1. The molecular formula is C13H17N3. The summed E-state index contributed by atoms with van der Waals surface area (Å²) in [4.78, 5) is 0. The maximum atomic E-state index is 9.07. The molecule has 0 saturated carbocycles. The van der Waals surface area contributed by atoms with Crippen molar-refractivity contribution in [1.29, 1.82) is 5.26 Å². The number of hydrogen-bond acceptors (Lipinski definition) is 3. The van der Waals surface area contributed by atoms with Crippen molar-refractivity contribution in [2.75, 3.05) is 18.4 Å². The molecule has 1 saturated heterocycles. The van der Waals surface area contributed by atoms with Crippen LogP contribution in [-0.4, -0.2) is 19.1 Å². The minimum absolute atomic E-state index is 0.446. The van der Waals surface area contributed by atoms with Crippen molar-refractivity contribution in [3.63, 3.8) is 0 Å². The molecule has 1 aromatic rings. The van der Waals surface area contributed by atoms with Crippen LogP contribution in [0.3, 0.4) is 0 Å². The smallest absolute Gasteiger partial charge is 0.101 e. The predicted octanol–water partition coefficient (Wildman–Crippen LogP) is 2.03. The topological polar surface area (TPSA) is 47.9 Å². The van der Waals surface area contributed by atoms with Crippen LogP contribution in [0, 0.1) is 18.3 Å². The number of aryl methyl sites for hydroxylation is 1. The van der Waals surface area contributed by atoms with E-state index in [4.69, 9.17) is 5.26 Å². The molecule has 1 unspecified atom stereocenters. The quantitative estimate of drug-likeness (QED) is 0.793. The van der Waals surface area contributed by atoms with Crippen LogP contribution in [0.15, 0.2) is 18.2 Å². The first-order valence-electron chi connectivity index (χ1n) is 5.78. The van der Waals surface area contributed by atoms with E-state index in [1.54, 1.807) is 0 Å². The Balaban J connectivity index is 2.16. The lowest BCUT2D eigenvalue weighted by molar-refractivity contribution is 0.479. The van der Waals surface area contributed by atoms with Crippen LogP contribution in [0.5, 0.6) is 0 Å². The van der Waals surface area contributed by atoms with Gasteiger partial charge in [-0.1, -0.05) is 12.1 Å². The van der Waals surface area contributed by atoms with Gasteiger partial charge in [-0.2, -0.15) is 5.26 Å². The summed E-state index contributed by atoms with van der Waals surface area (Å²) in [7, 11) is 0. The van der Waals surface area contributed by atoms with Gasteiger partial charge in [0, 0.05) is 12.6 Å². The average Bonchev–Trinajstić information content (AvgIpc) is 2.33. The number of nitrogens with zero attached hydrogens (tertiary/aromatic N) is 1. The minimum Gasteiger partial charge on any atom is -0.380 e. The molecule has 16 heavy (non-hydrogen) atoms. The van der Waals surface area contributed by atoms with Gasteiger partial charge < -0.3 is 10.6 Å². The zero-order valence-electron chi connectivity index (χ0n) is 9.59. The van der Waals surface area contributed by atoms with Crippen molar-refractivity contribution in [2.24, 2.45) is 0 Å². The van der Waals surface area contributed by atoms with Crippen molar-refractivity contribution in [3.8, 4) is 6.07 Å². The molecule has 1 fully saturated rings. The zero-order chi connectivity index (χ0) is 11.4. The summed E-state index contributed by atoms with van der Waals surface area (Å²) in [6, 6.07) is 8.53. The molecule has 84 valence electrons. The van der Waals surface area contributed by atoms with Crippen LogP contribution >= 0.6 is 0 Å². The highest BCUT2D eigenvalue weighted by Crippen LogP contribution is 2.21. The third-order valence-corrected chi connectivity index (χ3v) is 3.04. The molecule has 2 rings (SSSR count). The second kappa shape index (κ2) is 5.00. The first kappa shape index (κ1) is 11.0. The molecule has 0 amide bonds. The number of piperidine rings is 1. The largest absolute Gasteiger partial charge is 0.380 e. The minimum atomic E-state index is 0.446. The summed E-state index contributed by atoms with van der Waals surface area (Å²) in [5, 5.41) is 15.9. The highest BCUT2D eigenvalue weighted by molar-refractivity contribution is 5.62. The van der Waals surface area contributed by atoms with Crippen LogP contribution in [0.2, 0.25) is 0 Å². The third kappa shape index (κ3) is 2.34. The van der Waals surface area contributed by atoms with Crippen molar-refractivity contribution in [1.82, 2.24) is 5.32 Å². The van der Waals surface area contributed by atoms with E-state index in [0.717, 1.165) is 29.9 Å². The van der Waals surface area contributed by atoms with E-state index in [-0.39, 0.29) is 0 Å². The Morgan fingerprint density at radius 3 is 3.06 bits per heavy atom. The van der Waals surface area contributed by atoms with Gasteiger partial charge in [0.2, 0.25) is 0 Å². The summed E-state index contributed by atoms with van der Waals surface area (Å²) in [5.74, 6) is 0. The Morgan fingerprint density at radius 1 is 1.50 bits per heavy atom. The first-order valence-corrected chi connectivity index (χ1v) is 5.78. The summed E-state index contributed by atoms with van der Waals surface area (Å²) in [5.41, 5.74) is 2.88. The highest BCUT2D eigenvalue weighted by atomic mass is 15.0. The summed E-state index contributed by atoms with van der Waals surface area (Å²) >= 11 is 0. The SMILES string of the molecule is Cc1cccc(C#N)c1NC1CCCNC1. The molecular weight excluding hydrogens is 198 g/mol. The molecule has 1 aliphatic rings. The second-order valence-corrected chi connectivity index (χ2v) is 4.30. The second-order valence-electron chi connectivity index (χ2n) is 4.30. The van der Waals surface area contributed by atoms with E-state index < -0.39 is 0 Å². The van der Waals surface area contributed by atoms with Crippen LogP contribution in [-0.2, 0) is 0 Å². The van der Waals surface area contributed by atoms with E-state index in [1.165, 1.54) is 12.8 Å². The van der Waals surface area contributed by atoms with Crippen LogP contribution in [0.1, 0.15) is 24.0 Å². The van der Waals surface area contributed by atoms with Crippen molar-refractivity contribution >= 4 is 5.69 Å². The van der Waals surface area contributed by atoms with Crippen molar-refractivity contribution < 1.29 is 0 Å². The fourth-order valence-electron chi connectivity index (χ4n) is 2.13. The Bertz CT molecular complexity index is 400. The Hall–Kier alpha value is -1.53. The molecule has 0 aromatic heterocycles. The summed E-state index contributed by atoms with van der Waals surface area (Å²) < 4.78 is 0. The zero-order valence-corrected chi connectivity index (χ0v) is 9.59. The fourth-order valence-corrected chi connectivity index (χ4v) is 2.13. The molecule has 0 aliphatic carbocycles. The average molecular weight is 215 g/mol. The monoisotopic (exact) mass is 215 g/mol. The van der Waals surface area contributed by atoms with Gasteiger partial charge in [-0.15, -0.1) is 0 Å². The van der Waals surface area contributed by atoms with Gasteiger partial charge in [0.05, 0.1) is 11.3 Å². The lowest BCUT2D eigenvalue weighted by atomic mass is 10.0. The van der Waals surface area contributed by atoms with Gasteiger partial charge in [-0.25, -0.2) is 0 Å². The van der Waals surface area contributed by atoms with Gasteiger partial charge in [-0.3, -0.25) is 0 Å². The van der Waals surface area contributed by atoms with E-state index >= 15 is 0 Å². The molecule has 1 aliphatic heterocycles. The molecule has 1 heterocycles. The highest BCUT2D eigenvalue weighted by Gasteiger charge is 2.14. The number of hydrogen-bond donors (Lipinski definition) is 2. The normalized spacial score (nSPS) is 20.1. The molecule has 2 N–H and O–H groups in total. The molecule has 1 aromatic carbocycles. The van der Waals surface area contributed by atoms with E-state index in [9.17, 15) is 0 Å². The lowest BCUT2D eigenvalue weighted by Crippen LogP contribution is -2.38. The van der Waals surface area contributed by atoms with E-state index in [0.29, 0.717) is 6.04 Å². The molecule has 3 heteroatoms. The Labute approximate surface area is 96.5 Å². The number of benzene rings is 1. The molecule has 0 bridgehead atoms. The molecule has 0 radical (unpaired) electrons. The van der Waals surface area contributed by atoms with Crippen molar-refractivity contribution in [2.45, 2.75) is 25.8 Å². The number of nitrogens with one attached hydrogen (secondary N) is 2. The maximum absolute atomic E-state index is 9.07. The van der Waals surface area contributed by atoms with Gasteiger partial charge in [0.15, 0.2) is 0 Å². The maximum Gasteiger partial charge on any atom is 0.101 e. The van der Waals surface area contributed by atoms with Gasteiger partial charge >= 0.3 is 0 Å². The number of anilines is 1. The van der Waals surface area contributed by atoms with Gasteiger partial charge in [-0.05, 0) is 37.9 Å². The number of para-hydroxylation sites is 1. The summed E-state index contributed by atoms with van der Waals surface area (Å²) in [6.07, 6.45) is 2.37. The van der Waals surface area contributed by atoms with E-state index in [1.807, 2.05) is 25.1 Å². The van der Waals surface area contributed by atoms with Crippen LogP contribution < -0.4 is 10.6 Å². The van der Waals surface area contributed by atoms with Gasteiger partial charge in [0.1, 0.15) is 6.07 Å². The van der Waals surface area contributed by atoms with Gasteiger partial charge in [0.25, 0.3) is 0 Å². The lowest BCUT2D eigenvalue weighted by Gasteiger charge is -2.26. The van der Waals surface area contributed by atoms with Crippen LogP contribution in [0.4, 0.5) is 5.69 Å². The molecule has 1 atom stereocenters. The van der Waals surface area contributed by atoms with E-state index in [2.05, 4.69) is 16.7 Å². The molecule has 0 spiro atoms. The predicted molar refractivity (Wildman–Crippen MR) is 65.4 cm³/mol. The van der Waals surface area contributed by atoms with Crippen molar-refractivity contribution in [3.05, 3.63) is 29.3 Å². The molecule has 3 nitrogen and oxygen atoms in total. The number of rotatable bonds is 2. The summed E-state index contributed by atoms with van der Waals surface area (Å²) in [6.45, 7) is 4.13. The standard InChI is InChI=1S/C13H17N3/c1-10-4-2-5-11(8-14)13(10)16-12-6-3-7-15-9-12/h2,4-5,12,15-16H,3,6-7,9H2,1H3. The van der Waals surface area contributed by atoms with Crippen LogP contribution in [0.25, 0.3) is 0 Å². The first-order chi connectivity index (χ1) is 7.81. The fraction of sp³-hybridized carbons (Fsp3) is 0.462. The Morgan fingerprint density at radius 2 is 2.38 bits per heavy atom.